The van der Waals surface area contributed by atoms with Crippen LogP contribution in [0, 0.1) is 5.92 Å². The third-order valence-electron chi connectivity index (χ3n) is 3.67. The monoisotopic (exact) mass is 228 g/mol. The van der Waals surface area contributed by atoms with Crippen LogP contribution in [0.5, 0.6) is 0 Å². The van der Waals surface area contributed by atoms with Crippen LogP contribution in [-0.4, -0.2) is 48.3 Å². The molecule has 0 saturated carbocycles. The van der Waals surface area contributed by atoms with Crippen LogP contribution in [0.2, 0.25) is 0 Å². The van der Waals surface area contributed by atoms with E-state index in [0.29, 0.717) is 5.92 Å². The van der Waals surface area contributed by atoms with Gasteiger partial charge in [0, 0.05) is 18.6 Å². The summed E-state index contributed by atoms with van der Waals surface area (Å²) in [5, 5.41) is 2.18. The molecular formula is C13H28N2O. The zero-order valence-corrected chi connectivity index (χ0v) is 12.0. The van der Waals surface area contributed by atoms with E-state index in [1.807, 2.05) is 0 Å². The van der Waals surface area contributed by atoms with Gasteiger partial charge in [0.2, 0.25) is 0 Å². The highest BCUT2D eigenvalue weighted by Gasteiger charge is 2.41. The molecule has 1 saturated heterocycles. The fourth-order valence-corrected chi connectivity index (χ4v) is 2.45. The van der Waals surface area contributed by atoms with Crippen LogP contribution in [0.3, 0.4) is 0 Å². The van der Waals surface area contributed by atoms with Crippen molar-refractivity contribution >= 4 is 0 Å². The van der Waals surface area contributed by atoms with Crippen molar-refractivity contribution in [1.82, 2.24) is 9.96 Å². The summed E-state index contributed by atoms with van der Waals surface area (Å²) in [6, 6.07) is 0. The summed E-state index contributed by atoms with van der Waals surface area (Å²) in [6.07, 6.45) is 1.23. The first-order valence-corrected chi connectivity index (χ1v) is 6.27. The molecule has 1 rings (SSSR count). The van der Waals surface area contributed by atoms with Crippen molar-refractivity contribution in [2.45, 2.75) is 52.2 Å². The molecule has 0 aliphatic carbocycles. The molecular weight excluding hydrogens is 200 g/mol. The quantitative estimate of drug-likeness (QED) is 0.735. The number of hydrogen-bond acceptors (Lipinski definition) is 3. The van der Waals surface area contributed by atoms with Gasteiger partial charge in [-0.05, 0) is 54.1 Å². The Hall–Kier alpha value is -0.120. The average Bonchev–Trinajstić information content (AvgIpc) is 2.29. The SMILES string of the molecule is CC1CCN(OC(C)(C)CN(C)C)C1(C)C. The predicted octanol–water partition coefficient (Wildman–Crippen LogP) is 2.38. The molecule has 96 valence electrons. The Bertz CT molecular complexity index is 236. The number of hydrogen-bond donors (Lipinski definition) is 0. The second-order valence-corrected chi connectivity index (χ2v) is 6.53. The summed E-state index contributed by atoms with van der Waals surface area (Å²) in [5.41, 5.74) is 0.0361. The van der Waals surface area contributed by atoms with Crippen LogP contribution in [-0.2, 0) is 4.84 Å². The first-order chi connectivity index (χ1) is 7.15. The molecule has 0 aromatic rings. The highest BCUT2D eigenvalue weighted by molar-refractivity contribution is 4.90. The molecule has 3 heteroatoms. The van der Waals surface area contributed by atoms with Crippen molar-refractivity contribution in [3.05, 3.63) is 0 Å². The van der Waals surface area contributed by atoms with Gasteiger partial charge in [-0.2, -0.15) is 5.06 Å². The van der Waals surface area contributed by atoms with Crippen LogP contribution in [0.1, 0.15) is 41.0 Å². The van der Waals surface area contributed by atoms with Crippen molar-refractivity contribution in [3.63, 3.8) is 0 Å². The standard InChI is InChI=1S/C13H28N2O/c1-11-8-9-15(13(11,4)5)16-12(2,3)10-14(6)7/h11H,8-10H2,1-7H3. The maximum atomic E-state index is 6.19. The molecule has 0 amide bonds. The van der Waals surface area contributed by atoms with Crippen LogP contribution < -0.4 is 0 Å². The second kappa shape index (κ2) is 4.63. The summed E-state index contributed by atoms with van der Waals surface area (Å²) in [5.74, 6) is 0.697. The number of hydroxylamine groups is 2. The highest BCUT2D eigenvalue weighted by Crippen LogP contribution is 2.35. The van der Waals surface area contributed by atoms with Gasteiger partial charge in [0.1, 0.15) is 0 Å². The average molecular weight is 228 g/mol. The second-order valence-electron chi connectivity index (χ2n) is 6.53. The number of rotatable bonds is 4. The Morgan fingerprint density at radius 3 is 2.31 bits per heavy atom. The van der Waals surface area contributed by atoms with Gasteiger partial charge in [-0.3, -0.25) is 4.84 Å². The van der Waals surface area contributed by atoms with Gasteiger partial charge in [0.15, 0.2) is 0 Å². The Balaban J connectivity index is 2.61. The molecule has 1 aliphatic rings. The normalized spacial score (nSPS) is 26.6. The molecule has 1 heterocycles. The topological polar surface area (TPSA) is 15.7 Å². The first-order valence-electron chi connectivity index (χ1n) is 6.27. The third kappa shape index (κ3) is 3.19. The van der Waals surface area contributed by atoms with Gasteiger partial charge in [-0.15, -0.1) is 0 Å². The lowest BCUT2D eigenvalue weighted by Crippen LogP contribution is -2.49. The van der Waals surface area contributed by atoms with E-state index in [2.05, 4.69) is 58.7 Å². The van der Waals surface area contributed by atoms with Crippen molar-refractivity contribution in [2.24, 2.45) is 5.92 Å². The third-order valence-corrected chi connectivity index (χ3v) is 3.67. The largest absolute Gasteiger partial charge is 0.306 e. The zero-order chi connectivity index (χ0) is 12.6. The van der Waals surface area contributed by atoms with Gasteiger partial charge in [0.25, 0.3) is 0 Å². The van der Waals surface area contributed by atoms with Crippen LogP contribution in [0.15, 0.2) is 0 Å². The lowest BCUT2D eigenvalue weighted by atomic mass is 9.91. The molecule has 0 N–H and O–H groups in total. The maximum Gasteiger partial charge on any atom is 0.0969 e. The van der Waals surface area contributed by atoms with E-state index in [1.165, 1.54) is 6.42 Å². The van der Waals surface area contributed by atoms with E-state index >= 15 is 0 Å². The summed E-state index contributed by atoms with van der Waals surface area (Å²) < 4.78 is 0. The minimum absolute atomic E-state index is 0.120. The van der Waals surface area contributed by atoms with Gasteiger partial charge >= 0.3 is 0 Å². The van der Waals surface area contributed by atoms with Crippen molar-refractivity contribution in [2.75, 3.05) is 27.2 Å². The molecule has 1 aliphatic heterocycles. The number of likely N-dealkylation sites (N-methyl/N-ethyl adjacent to an activating group) is 1. The molecule has 0 aromatic carbocycles. The molecule has 1 unspecified atom stereocenters. The van der Waals surface area contributed by atoms with Gasteiger partial charge in [-0.1, -0.05) is 6.92 Å². The Morgan fingerprint density at radius 2 is 1.94 bits per heavy atom. The van der Waals surface area contributed by atoms with Gasteiger partial charge in [-0.25, -0.2) is 0 Å². The fraction of sp³-hybridized carbons (Fsp3) is 1.00. The zero-order valence-electron chi connectivity index (χ0n) is 12.0. The summed E-state index contributed by atoms with van der Waals surface area (Å²) in [6.45, 7) is 13.2. The molecule has 0 aromatic heterocycles. The minimum atomic E-state index is -0.120. The van der Waals surface area contributed by atoms with E-state index < -0.39 is 0 Å². The highest BCUT2D eigenvalue weighted by atomic mass is 16.7. The Labute approximate surface area is 101 Å². The predicted molar refractivity (Wildman–Crippen MR) is 68.3 cm³/mol. The van der Waals surface area contributed by atoms with Gasteiger partial charge in [0.05, 0.1) is 5.60 Å². The molecule has 16 heavy (non-hydrogen) atoms. The van der Waals surface area contributed by atoms with Crippen LogP contribution in [0.25, 0.3) is 0 Å². The Kier molecular flexibility index (Phi) is 4.04. The molecule has 0 radical (unpaired) electrons. The van der Waals surface area contributed by atoms with E-state index in [4.69, 9.17) is 4.84 Å². The number of nitrogens with zero attached hydrogens (tertiary/aromatic N) is 2. The van der Waals surface area contributed by atoms with Crippen LogP contribution >= 0.6 is 0 Å². The smallest absolute Gasteiger partial charge is 0.0969 e. The summed E-state index contributed by atoms with van der Waals surface area (Å²) in [4.78, 5) is 8.36. The lowest BCUT2D eigenvalue weighted by molar-refractivity contribution is -0.267. The first kappa shape index (κ1) is 13.9. The molecule has 1 fully saturated rings. The van der Waals surface area contributed by atoms with Crippen molar-refractivity contribution in [3.8, 4) is 0 Å². The van der Waals surface area contributed by atoms with Gasteiger partial charge < -0.3 is 4.90 Å². The molecule has 1 atom stereocenters. The van der Waals surface area contributed by atoms with E-state index in [1.54, 1.807) is 0 Å². The lowest BCUT2D eigenvalue weighted by Gasteiger charge is -2.40. The van der Waals surface area contributed by atoms with E-state index in [9.17, 15) is 0 Å². The Morgan fingerprint density at radius 1 is 1.38 bits per heavy atom. The van der Waals surface area contributed by atoms with E-state index in [-0.39, 0.29) is 11.1 Å². The van der Waals surface area contributed by atoms with E-state index in [0.717, 1.165) is 13.1 Å². The molecule has 0 spiro atoms. The molecule has 0 bridgehead atoms. The van der Waals surface area contributed by atoms with Crippen LogP contribution in [0.4, 0.5) is 0 Å². The van der Waals surface area contributed by atoms with Crippen molar-refractivity contribution < 1.29 is 4.84 Å². The summed E-state index contributed by atoms with van der Waals surface area (Å²) in [7, 11) is 4.17. The minimum Gasteiger partial charge on any atom is -0.306 e. The summed E-state index contributed by atoms with van der Waals surface area (Å²) >= 11 is 0. The fourth-order valence-electron chi connectivity index (χ4n) is 2.45. The van der Waals surface area contributed by atoms with Crippen molar-refractivity contribution in [1.29, 1.82) is 0 Å². The molecule has 3 nitrogen and oxygen atoms in total. The maximum absolute atomic E-state index is 6.19.